The molecule has 0 aliphatic carbocycles. The van der Waals surface area contributed by atoms with Gasteiger partial charge >= 0.3 is 0 Å². The first kappa shape index (κ1) is 16.3. The average molecular weight is 307 g/mol. The molecule has 4 fully saturated rings. The summed E-state index contributed by atoms with van der Waals surface area (Å²) in [6.07, 6.45) is 3.37. The van der Waals surface area contributed by atoms with Crippen LogP contribution in [0.25, 0.3) is 0 Å². The van der Waals surface area contributed by atoms with Crippen molar-refractivity contribution in [2.75, 3.05) is 26.2 Å². The van der Waals surface area contributed by atoms with Crippen LogP contribution in [0.15, 0.2) is 0 Å². The van der Waals surface area contributed by atoms with Crippen molar-refractivity contribution in [1.82, 2.24) is 14.7 Å². The zero-order valence-corrected chi connectivity index (χ0v) is 15.0. The summed E-state index contributed by atoms with van der Waals surface area (Å²) in [7, 11) is 0. The molecule has 2 unspecified atom stereocenters. The first-order chi connectivity index (χ1) is 10.3. The maximum Gasteiger partial charge on any atom is 0.225 e. The minimum absolute atomic E-state index is 0.235. The average Bonchev–Trinajstić information content (AvgIpc) is 2.45. The molecular weight excluding hydrogens is 274 g/mol. The zero-order chi connectivity index (χ0) is 16.1. The Labute approximate surface area is 135 Å². The molecule has 22 heavy (non-hydrogen) atoms. The van der Waals surface area contributed by atoms with Crippen molar-refractivity contribution in [3.05, 3.63) is 0 Å². The molecule has 4 heterocycles. The molecule has 4 heteroatoms. The van der Waals surface area contributed by atoms with Crippen LogP contribution in [0.1, 0.15) is 53.9 Å². The number of piperidine rings is 2. The Kier molecular flexibility index (Phi) is 4.28. The van der Waals surface area contributed by atoms with Gasteiger partial charge in [-0.25, -0.2) is 0 Å². The number of piperazine rings is 1. The number of amides is 1. The third kappa shape index (κ3) is 2.92. The molecule has 4 aliphatic heterocycles. The SMILES string of the molecule is CC(C)N1C2CC1CN(C(=O)C1CCN(C(C)(C)C)CC1)C2. The molecule has 126 valence electrons. The minimum Gasteiger partial charge on any atom is -0.339 e. The Morgan fingerprint density at radius 1 is 1.05 bits per heavy atom. The van der Waals surface area contributed by atoms with Crippen molar-refractivity contribution in [1.29, 1.82) is 0 Å². The van der Waals surface area contributed by atoms with E-state index in [1.54, 1.807) is 0 Å². The summed E-state index contributed by atoms with van der Waals surface area (Å²) < 4.78 is 0. The van der Waals surface area contributed by atoms with Gasteiger partial charge in [0.15, 0.2) is 0 Å². The highest BCUT2D eigenvalue weighted by molar-refractivity contribution is 5.79. The lowest BCUT2D eigenvalue weighted by Gasteiger charge is -2.58. The van der Waals surface area contributed by atoms with Crippen LogP contribution in [0.3, 0.4) is 0 Å². The number of fused-ring (bicyclic) bond motifs is 2. The Morgan fingerprint density at radius 3 is 2.05 bits per heavy atom. The summed E-state index contributed by atoms with van der Waals surface area (Å²) >= 11 is 0. The van der Waals surface area contributed by atoms with E-state index in [-0.39, 0.29) is 11.5 Å². The molecule has 4 nitrogen and oxygen atoms in total. The molecule has 4 rings (SSSR count). The first-order valence-corrected chi connectivity index (χ1v) is 9.08. The number of carbonyl (C=O) groups excluding carboxylic acids is 1. The maximum atomic E-state index is 12.8. The molecule has 0 aromatic rings. The van der Waals surface area contributed by atoms with Crippen molar-refractivity contribution >= 4 is 5.91 Å². The summed E-state index contributed by atoms with van der Waals surface area (Å²) in [5, 5.41) is 0. The van der Waals surface area contributed by atoms with Crippen LogP contribution in [0.4, 0.5) is 0 Å². The fourth-order valence-electron chi connectivity index (χ4n) is 4.72. The Morgan fingerprint density at radius 2 is 1.59 bits per heavy atom. The van der Waals surface area contributed by atoms with Gasteiger partial charge in [-0.1, -0.05) is 0 Å². The summed E-state index contributed by atoms with van der Waals surface area (Å²) in [6, 6.07) is 1.87. The molecule has 0 N–H and O–H groups in total. The normalized spacial score (nSPS) is 31.5. The highest BCUT2D eigenvalue weighted by Crippen LogP contribution is 2.35. The van der Waals surface area contributed by atoms with Gasteiger partial charge < -0.3 is 4.90 Å². The van der Waals surface area contributed by atoms with Gasteiger partial charge in [0.2, 0.25) is 5.91 Å². The summed E-state index contributed by atoms with van der Waals surface area (Å²) in [6.45, 7) is 15.4. The van der Waals surface area contributed by atoms with Crippen molar-refractivity contribution < 1.29 is 4.79 Å². The van der Waals surface area contributed by atoms with Gasteiger partial charge in [-0.15, -0.1) is 0 Å². The van der Waals surface area contributed by atoms with E-state index < -0.39 is 0 Å². The second-order valence-corrected chi connectivity index (χ2v) is 8.76. The topological polar surface area (TPSA) is 26.8 Å². The van der Waals surface area contributed by atoms with Crippen LogP contribution < -0.4 is 0 Å². The van der Waals surface area contributed by atoms with Gasteiger partial charge in [-0.05, 0) is 67.0 Å². The van der Waals surface area contributed by atoms with Crippen molar-refractivity contribution in [2.45, 2.75) is 77.5 Å². The Hall–Kier alpha value is -0.610. The lowest BCUT2D eigenvalue weighted by Crippen LogP contribution is -2.71. The number of hydrogen-bond donors (Lipinski definition) is 0. The van der Waals surface area contributed by atoms with Crippen LogP contribution in [0, 0.1) is 5.92 Å². The second-order valence-electron chi connectivity index (χ2n) is 8.76. The summed E-state index contributed by atoms with van der Waals surface area (Å²) in [4.78, 5) is 20.1. The quantitative estimate of drug-likeness (QED) is 0.782. The number of carbonyl (C=O) groups is 1. The zero-order valence-electron chi connectivity index (χ0n) is 15.0. The molecule has 0 spiro atoms. The fourth-order valence-corrected chi connectivity index (χ4v) is 4.72. The highest BCUT2D eigenvalue weighted by atomic mass is 16.2. The third-order valence-corrected chi connectivity index (χ3v) is 5.95. The number of nitrogens with zero attached hydrogens (tertiary/aromatic N) is 3. The predicted octanol–water partition coefficient (Wildman–Crippen LogP) is 2.19. The monoisotopic (exact) mass is 307 g/mol. The number of rotatable bonds is 2. The molecule has 2 bridgehead atoms. The van der Waals surface area contributed by atoms with E-state index in [0.717, 1.165) is 39.0 Å². The minimum atomic E-state index is 0.235. The smallest absolute Gasteiger partial charge is 0.225 e. The van der Waals surface area contributed by atoms with E-state index in [4.69, 9.17) is 0 Å². The van der Waals surface area contributed by atoms with Crippen molar-refractivity contribution in [3.8, 4) is 0 Å². The maximum absolute atomic E-state index is 12.8. The van der Waals surface area contributed by atoms with Gasteiger partial charge in [0, 0.05) is 42.7 Å². The van der Waals surface area contributed by atoms with E-state index in [2.05, 4.69) is 49.3 Å². The van der Waals surface area contributed by atoms with E-state index in [9.17, 15) is 4.79 Å². The fraction of sp³-hybridized carbons (Fsp3) is 0.944. The van der Waals surface area contributed by atoms with Gasteiger partial charge in [0.25, 0.3) is 0 Å². The molecule has 0 aromatic heterocycles. The molecule has 0 radical (unpaired) electrons. The van der Waals surface area contributed by atoms with E-state index >= 15 is 0 Å². The summed E-state index contributed by atoms with van der Waals surface area (Å²) in [5.41, 5.74) is 0.235. The van der Waals surface area contributed by atoms with Crippen LogP contribution in [0.2, 0.25) is 0 Å². The van der Waals surface area contributed by atoms with E-state index in [1.165, 1.54) is 6.42 Å². The Balaban J connectivity index is 1.52. The molecule has 4 saturated heterocycles. The van der Waals surface area contributed by atoms with Gasteiger partial charge in [0.05, 0.1) is 0 Å². The molecule has 0 saturated carbocycles. The van der Waals surface area contributed by atoms with Crippen molar-refractivity contribution in [2.24, 2.45) is 5.92 Å². The van der Waals surface area contributed by atoms with Gasteiger partial charge in [-0.3, -0.25) is 14.6 Å². The molecule has 0 aromatic carbocycles. The van der Waals surface area contributed by atoms with Crippen LogP contribution in [-0.2, 0) is 4.79 Å². The van der Waals surface area contributed by atoms with Crippen LogP contribution in [-0.4, -0.2) is 70.5 Å². The van der Waals surface area contributed by atoms with E-state index in [1.807, 2.05) is 0 Å². The number of likely N-dealkylation sites (tertiary alicyclic amines) is 1. The van der Waals surface area contributed by atoms with Gasteiger partial charge in [0.1, 0.15) is 0 Å². The summed E-state index contributed by atoms with van der Waals surface area (Å²) in [5.74, 6) is 0.704. The Bertz CT molecular complexity index is 409. The lowest BCUT2D eigenvalue weighted by molar-refractivity contribution is -0.152. The number of hydrogen-bond acceptors (Lipinski definition) is 3. The first-order valence-electron chi connectivity index (χ1n) is 9.08. The highest BCUT2D eigenvalue weighted by Gasteiger charge is 2.47. The third-order valence-electron chi connectivity index (χ3n) is 5.95. The second kappa shape index (κ2) is 5.79. The standard InChI is InChI=1S/C18H33N3O/c1-13(2)21-15-10-16(21)12-19(11-15)17(22)14-6-8-20(9-7-14)18(3,4)5/h13-16H,6-12H2,1-5H3. The van der Waals surface area contributed by atoms with Crippen LogP contribution >= 0.6 is 0 Å². The molecule has 4 aliphatic rings. The predicted molar refractivity (Wildman–Crippen MR) is 89.8 cm³/mol. The van der Waals surface area contributed by atoms with Crippen molar-refractivity contribution in [3.63, 3.8) is 0 Å². The largest absolute Gasteiger partial charge is 0.339 e. The molecule has 2 atom stereocenters. The van der Waals surface area contributed by atoms with E-state index in [0.29, 0.717) is 24.0 Å². The lowest BCUT2D eigenvalue weighted by atomic mass is 9.84. The van der Waals surface area contributed by atoms with Gasteiger partial charge in [-0.2, -0.15) is 0 Å². The van der Waals surface area contributed by atoms with Crippen LogP contribution in [0.5, 0.6) is 0 Å². The molecular formula is C18H33N3O. The molecule has 1 amide bonds.